The van der Waals surface area contributed by atoms with Crippen LogP contribution in [0.4, 0.5) is 13.2 Å². The Hall–Kier alpha value is -0.550. The van der Waals surface area contributed by atoms with Gasteiger partial charge in [-0.25, -0.2) is 0 Å². The van der Waals surface area contributed by atoms with E-state index in [9.17, 15) is 13.2 Å². The summed E-state index contributed by atoms with van der Waals surface area (Å²) in [4.78, 5) is 0. The predicted molar refractivity (Wildman–Crippen MR) is 44.3 cm³/mol. The van der Waals surface area contributed by atoms with Crippen molar-refractivity contribution < 1.29 is 17.9 Å². The van der Waals surface area contributed by atoms with E-state index in [-0.39, 0.29) is 12.8 Å². The molecule has 0 aliphatic carbocycles. The molecule has 1 unspecified atom stereocenters. The number of halogens is 3. The SMILES string of the molecule is CC=CC(C)NCOCC(F)(F)F. The standard InChI is InChI=1S/C8H14F3NO/c1-3-4-7(2)12-6-13-5-8(9,10)11/h3-4,7,12H,5-6H2,1-2H3. The van der Waals surface area contributed by atoms with Crippen LogP contribution in [0.3, 0.4) is 0 Å². The van der Waals surface area contributed by atoms with Crippen molar-refractivity contribution in [3.05, 3.63) is 12.2 Å². The summed E-state index contributed by atoms with van der Waals surface area (Å²) in [6.07, 6.45) is -0.593. The number of hydrogen-bond acceptors (Lipinski definition) is 2. The molecule has 5 heteroatoms. The minimum Gasteiger partial charge on any atom is -0.357 e. The molecule has 0 aliphatic heterocycles. The van der Waals surface area contributed by atoms with E-state index in [1.54, 1.807) is 0 Å². The van der Waals surface area contributed by atoms with E-state index in [0.717, 1.165) is 0 Å². The number of nitrogens with one attached hydrogen (secondary N) is 1. The molecule has 1 N–H and O–H groups in total. The Bertz CT molecular complexity index is 156. The lowest BCUT2D eigenvalue weighted by atomic mass is 10.3. The van der Waals surface area contributed by atoms with E-state index in [1.807, 2.05) is 26.0 Å². The molecule has 0 aliphatic rings. The van der Waals surface area contributed by atoms with Gasteiger partial charge in [0.15, 0.2) is 0 Å². The van der Waals surface area contributed by atoms with Crippen LogP contribution in [0.25, 0.3) is 0 Å². The van der Waals surface area contributed by atoms with Crippen molar-refractivity contribution in [2.24, 2.45) is 0 Å². The lowest BCUT2D eigenvalue weighted by molar-refractivity contribution is -0.175. The van der Waals surface area contributed by atoms with E-state index in [0.29, 0.717) is 0 Å². The molecule has 2 nitrogen and oxygen atoms in total. The van der Waals surface area contributed by atoms with Crippen LogP contribution >= 0.6 is 0 Å². The van der Waals surface area contributed by atoms with Crippen molar-refractivity contribution in [2.75, 3.05) is 13.3 Å². The number of alkyl halides is 3. The van der Waals surface area contributed by atoms with Crippen molar-refractivity contribution in [3.63, 3.8) is 0 Å². The first-order valence-electron chi connectivity index (χ1n) is 3.96. The van der Waals surface area contributed by atoms with Gasteiger partial charge in [0.25, 0.3) is 0 Å². The molecule has 0 aromatic carbocycles. The molecule has 0 bridgehead atoms. The third-order valence-electron chi connectivity index (χ3n) is 1.25. The Morgan fingerprint density at radius 2 is 2.08 bits per heavy atom. The average Bonchev–Trinajstić information content (AvgIpc) is 1.97. The number of hydrogen-bond donors (Lipinski definition) is 1. The Labute approximate surface area is 75.8 Å². The Kier molecular flexibility index (Phi) is 5.73. The molecule has 0 saturated carbocycles. The summed E-state index contributed by atoms with van der Waals surface area (Å²) in [5.41, 5.74) is 0. The average molecular weight is 197 g/mol. The van der Waals surface area contributed by atoms with Crippen LogP contribution in [0.5, 0.6) is 0 Å². The summed E-state index contributed by atoms with van der Waals surface area (Å²) in [5.74, 6) is 0. The smallest absolute Gasteiger partial charge is 0.357 e. The monoisotopic (exact) mass is 197 g/mol. The zero-order valence-corrected chi connectivity index (χ0v) is 7.69. The predicted octanol–water partition coefficient (Wildman–Crippen LogP) is 2.08. The first-order valence-corrected chi connectivity index (χ1v) is 3.96. The molecule has 13 heavy (non-hydrogen) atoms. The normalized spacial score (nSPS) is 15.2. The summed E-state index contributed by atoms with van der Waals surface area (Å²) in [6.45, 7) is 2.37. The van der Waals surface area contributed by atoms with Crippen LogP contribution in [-0.4, -0.2) is 25.6 Å². The van der Waals surface area contributed by atoms with Gasteiger partial charge in [0.2, 0.25) is 0 Å². The molecule has 0 aromatic rings. The second kappa shape index (κ2) is 5.99. The fraction of sp³-hybridized carbons (Fsp3) is 0.750. The molecular weight excluding hydrogens is 183 g/mol. The van der Waals surface area contributed by atoms with Crippen molar-refractivity contribution >= 4 is 0 Å². The summed E-state index contributed by atoms with van der Waals surface area (Å²) in [7, 11) is 0. The van der Waals surface area contributed by atoms with Gasteiger partial charge in [-0.1, -0.05) is 12.2 Å². The lowest BCUT2D eigenvalue weighted by Gasteiger charge is -2.11. The molecule has 0 spiro atoms. The van der Waals surface area contributed by atoms with E-state index >= 15 is 0 Å². The van der Waals surface area contributed by atoms with Gasteiger partial charge in [-0.15, -0.1) is 0 Å². The third-order valence-corrected chi connectivity index (χ3v) is 1.25. The summed E-state index contributed by atoms with van der Waals surface area (Å²) < 4.78 is 39.0. The minimum atomic E-state index is -4.24. The Morgan fingerprint density at radius 1 is 1.46 bits per heavy atom. The van der Waals surface area contributed by atoms with Crippen LogP contribution in [0.2, 0.25) is 0 Å². The highest BCUT2D eigenvalue weighted by Crippen LogP contribution is 2.13. The van der Waals surface area contributed by atoms with Gasteiger partial charge >= 0.3 is 6.18 Å². The zero-order chi connectivity index (χ0) is 10.3. The van der Waals surface area contributed by atoms with Gasteiger partial charge in [-0.2, -0.15) is 13.2 Å². The highest BCUT2D eigenvalue weighted by molar-refractivity contribution is 4.87. The lowest BCUT2D eigenvalue weighted by Crippen LogP contribution is -2.29. The third kappa shape index (κ3) is 9.36. The molecule has 0 amide bonds. The van der Waals surface area contributed by atoms with Crippen LogP contribution in [0, 0.1) is 0 Å². The van der Waals surface area contributed by atoms with Crippen molar-refractivity contribution in [1.82, 2.24) is 5.32 Å². The maximum Gasteiger partial charge on any atom is 0.411 e. The Morgan fingerprint density at radius 3 is 2.54 bits per heavy atom. The molecule has 0 saturated heterocycles. The van der Waals surface area contributed by atoms with E-state index in [1.165, 1.54) is 0 Å². The van der Waals surface area contributed by atoms with Crippen molar-refractivity contribution in [2.45, 2.75) is 26.1 Å². The summed E-state index contributed by atoms with van der Waals surface area (Å²) >= 11 is 0. The Balaban J connectivity index is 3.36. The van der Waals surface area contributed by atoms with Gasteiger partial charge in [0.05, 0.1) is 6.73 Å². The van der Waals surface area contributed by atoms with Gasteiger partial charge in [-0.3, -0.25) is 5.32 Å². The summed E-state index contributed by atoms with van der Waals surface area (Å²) in [6, 6.07) is 0.0261. The van der Waals surface area contributed by atoms with E-state index in [2.05, 4.69) is 10.1 Å². The number of allylic oxidation sites excluding steroid dienone is 1. The van der Waals surface area contributed by atoms with E-state index < -0.39 is 12.8 Å². The maximum atomic E-state index is 11.6. The number of ether oxygens (including phenoxy) is 1. The van der Waals surface area contributed by atoms with Crippen molar-refractivity contribution in [3.8, 4) is 0 Å². The molecule has 1 atom stereocenters. The van der Waals surface area contributed by atoms with Gasteiger partial charge < -0.3 is 4.74 Å². The van der Waals surface area contributed by atoms with Crippen LogP contribution in [-0.2, 0) is 4.74 Å². The number of rotatable bonds is 5. The quantitative estimate of drug-likeness (QED) is 0.414. The first-order chi connectivity index (χ1) is 5.95. The largest absolute Gasteiger partial charge is 0.411 e. The van der Waals surface area contributed by atoms with Crippen LogP contribution < -0.4 is 5.32 Å². The van der Waals surface area contributed by atoms with Gasteiger partial charge in [0.1, 0.15) is 6.61 Å². The minimum absolute atomic E-state index is 0.0261. The topological polar surface area (TPSA) is 21.3 Å². The van der Waals surface area contributed by atoms with Crippen LogP contribution in [0.1, 0.15) is 13.8 Å². The molecule has 0 radical (unpaired) electrons. The fourth-order valence-electron chi connectivity index (χ4n) is 0.714. The van der Waals surface area contributed by atoms with E-state index in [4.69, 9.17) is 0 Å². The maximum absolute atomic E-state index is 11.6. The van der Waals surface area contributed by atoms with Crippen LogP contribution in [0.15, 0.2) is 12.2 Å². The fourth-order valence-corrected chi connectivity index (χ4v) is 0.714. The van der Waals surface area contributed by atoms with Gasteiger partial charge in [0, 0.05) is 6.04 Å². The summed E-state index contributed by atoms with van der Waals surface area (Å²) in [5, 5.41) is 2.75. The first kappa shape index (κ1) is 12.4. The molecule has 0 heterocycles. The highest BCUT2D eigenvalue weighted by atomic mass is 19.4. The van der Waals surface area contributed by atoms with Gasteiger partial charge in [-0.05, 0) is 13.8 Å². The molecule has 0 aromatic heterocycles. The van der Waals surface area contributed by atoms with Crippen molar-refractivity contribution in [1.29, 1.82) is 0 Å². The zero-order valence-electron chi connectivity index (χ0n) is 7.69. The molecule has 0 fully saturated rings. The molecule has 78 valence electrons. The molecule has 0 rings (SSSR count). The second-order valence-corrected chi connectivity index (χ2v) is 2.63. The highest BCUT2D eigenvalue weighted by Gasteiger charge is 2.27. The second-order valence-electron chi connectivity index (χ2n) is 2.63. The molecular formula is C8H14F3NO.